The fourth-order valence-electron chi connectivity index (χ4n) is 1.36. The number of anilines is 2. The van der Waals surface area contributed by atoms with Crippen molar-refractivity contribution in [3.63, 3.8) is 0 Å². The average Bonchev–Trinajstić information content (AvgIpc) is 2.27. The minimum atomic E-state index is -0.193. The molecule has 5 nitrogen and oxygen atoms in total. The van der Waals surface area contributed by atoms with Gasteiger partial charge in [-0.05, 0) is 13.0 Å². The van der Waals surface area contributed by atoms with Crippen LogP contribution < -0.4 is 10.6 Å². The Kier molecular flexibility index (Phi) is 4.57. The van der Waals surface area contributed by atoms with Crippen molar-refractivity contribution in [1.82, 2.24) is 4.98 Å². The molecule has 0 fully saturated rings. The van der Waals surface area contributed by atoms with Crippen LogP contribution in [0.5, 0.6) is 0 Å². The summed E-state index contributed by atoms with van der Waals surface area (Å²) in [7, 11) is 1.88. The molecule has 1 aromatic heterocycles. The molecule has 88 valence electrons. The third-order valence-electron chi connectivity index (χ3n) is 2.20. The molecule has 5 heteroatoms. The number of nitrogen functional groups attached to an aromatic ring is 1. The van der Waals surface area contributed by atoms with Crippen LogP contribution in [0, 0.1) is 0 Å². The highest BCUT2D eigenvalue weighted by molar-refractivity contribution is 5.71. The third kappa shape index (κ3) is 3.42. The number of rotatable bonds is 5. The molecule has 0 saturated carbocycles. The van der Waals surface area contributed by atoms with E-state index in [1.165, 1.54) is 0 Å². The zero-order valence-electron chi connectivity index (χ0n) is 9.64. The molecule has 0 aromatic carbocycles. The van der Waals surface area contributed by atoms with Crippen LogP contribution in [0.15, 0.2) is 18.5 Å². The molecule has 0 atom stereocenters. The van der Waals surface area contributed by atoms with E-state index in [9.17, 15) is 4.79 Å². The molecular formula is C11H17N3O2. The zero-order chi connectivity index (χ0) is 12.0. The van der Waals surface area contributed by atoms with E-state index in [0.29, 0.717) is 25.3 Å². The van der Waals surface area contributed by atoms with Crippen molar-refractivity contribution in [3.05, 3.63) is 18.5 Å². The molecular weight excluding hydrogens is 206 g/mol. The lowest BCUT2D eigenvalue weighted by Gasteiger charge is -2.19. The van der Waals surface area contributed by atoms with Gasteiger partial charge in [-0.15, -0.1) is 0 Å². The van der Waals surface area contributed by atoms with Gasteiger partial charge < -0.3 is 15.4 Å². The predicted octanol–water partition coefficient (Wildman–Crippen LogP) is 1.05. The van der Waals surface area contributed by atoms with Gasteiger partial charge in [0.1, 0.15) is 0 Å². The van der Waals surface area contributed by atoms with Gasteiger partial charge in [-0.3, -0.25) is 9.78 Å². The van der Waals surface area contributed by atoms with Gasteiger partial charge in [-0.1, -0.05) is 0 Å². The number of aromatic nitrogens is 1. The maximum atomic E-state index is 11.2. The van der Waals surface area contributed by atoms with Crippen LogP contribution in [0.25, 0.3) is 0 Å². The Bertz CT molecular complexity index is 355. The van der Waals surface area contributed by atoms with Gasteiger partial charge in [0.25, 0.3) is 0 Å². The largest absolute Gasteiger partial charge is 0.466 e. The molecule has 0 aliphatic rings. The highest BCUT2D eigenvalue weighted by Gasteiger charge is 2.08. The van der Waals surface area contributed by atoms with E-state index in [1.807, 2.05) is 18.0 Å². The first kappa shape index (κ1) is 12.3. The van der Waals surface area contributed by atoms with Crippen molar-refractivity contribution in [2.45, 2.75) is 13.3 Å². The second-order valence-corrected chi connectivity index (χ2v) is 3.41. The van der Waals surface area contributed by atoms with Crippen LogP contribution in [0.4, 0.5) is 11.4 Å². The number of pyridine rings is 1. The maximum absolute atomic E-state index is 11.2. The van der Waals surface area contributed by atoms with E-state index in [2.05, 4.69) is 4.98 Å². The van der Waals surface area contributed by atoms with E-state index < -0.39 is 0 Å². The smallest absolute Gasteiger partial charge is 0.307 e. The topological polar surface area (TPSA) is 68.5 Å². The van der Waals surface area contributed by atoms with E-state index in [-0.39, 0.29) is 5.97 Å². The monoisotopic (exact) mass is 223 g/mol. The maximum Gasteiger partial charge on any atom is 0.307 e. The van der Waals surface area contributed by atoms with Gasteiger partial charge in [-0.2, -0.15) is 0 Å². The van der Waals surface area contributed by atoms with Crippen molar-refractivity contribution < 1.29 is 9.53 Å². The van der Waals surface area contributed by atoms with Crippen molar-refractivity contribution in [2.75, 3.05) is 30.8 Å². The lowest BCUT2D eigenvalue weighted by Crippen LogP contribution is -2.22. The summed E-state index contributed by atoms with van der Waals surface area (Å²) in [5.74, 6) is -0.193. The summed E-state index contributed by atoms with van der Waals surface area (Å²) in [4.78, 5) is 17.0. The second-order valence-electron chi connectivity index (χ2n) is 3.41. The molecule has 2 N–H and O–H groups in total. The molecule has 0 saturated heterocycles. The van der Waals surface area contributed by atoms with Crippen LogP contribution in [-0.2, 0) is 9.53 Å². The van der Waals surface area contributed by atoms with E-state index in [4.69, 9.17) is 10.5 Å². The summed E-state index contributed by atoms with van der Waals surface area (Å²) in [6, 6.07) is 1.82. The number of carbonyl (C=O) groups excluding carboxylic acids is 1. The van der Waals surface area contributed by atoms with Crippen molar-refractivity contribution in [3.8, 4) is 0 Å². The van der Waals surface area contributed by atoms with Gasteiger partial charge in [0.2, 0.25) is 0 Å². The SMILES string of the molecule is CCOC(=O)CCN(C)c1ccncc1N. The lowest BCUT2D eigenvalue weighted by molar-refractivity contribution is -0.142. The molecule has 16 heavy (non-hydrogen) atoms. The van der Waals surface area contributed by atoms with E-state index >= 15 is 0 Å². The summed E-state index contributed by atoms with van der Waals surface area (Å²) < 4.78 is 4.85. The first-order valence-electron chi connectivity index (χ1n) is 5.21. The number of carbonyl (C=O) groups is 1. The number of nitrogens with two attached hydrogens (primary N) is 1. The Morgan fingerprint density at radius 1 is 1.62 bits per heavy atom. The van der Waals surface area contributed by atoms with Gasteiger partial charge >= 0.3 is 5.97 Å². The number of hydrogen-bond donors (Lipinski definition) is 1. The quantitative estimate of drug-likeness (QED) is 0.756. The summed E-state index contributed by atoms with van der Waals surface area (Å²) in [6.07, 6.45) is 3.62. The highest BCUT2D eigenvalue weighted by Crippen LogP contribution is 2.19. The number of nitrogens with zero attached hydrogens (tertiary/aromatic N) is 2. The molecule has 0 radical (unpaired) electrons. The normalized spacial score (nSPS) is 9.88. The summed E-state index contributed by atoms with van der Waals surface area (Å²) >= 11 is 0. The van der Waals surface area contributed by atoms with Gasteiger partial charge in [0.05, 0.1) is 30.6 Å². The summed E-state index contributed by atoms with van der Waals surface area (Å²) in [5.41, 5.74) is 7.25. The standard InChI is InChI=1S/C11H17N3O2/c1-3-16-11(15)5-7-14(2)10-4-6-13-8-9(10)12/h4,6,8H,3,5,7,12H2,1-2H3. The van der Waals surface area contributed by atoms with Gasteiger partial charge in [0.15, 0.2) is 0 Å². The minimum absolute atomic E-state index is 0.193. The van der Waals surface area contributed by atoms with Crippen LogP contribution in [0.1, 0.15) is 13.3 Å². The predicted molar refractivity (Wildman–Crippen MR) is 63.2 cm³/mol. The number of ether oxygens (including phenoxy) is 1. The van der Waals surface area contributed by atoms with Crippen LogP contribution in [0.3, 0.4) is 0 Å². The Morgan fingerprint density at radius 2 is 2.38 bits per heavy atom. The molecule has 1 heterocycles. The fraction of sp³-hybridized carbons (Fsp3) is 0.455. The number of hydrogen-bond acceptors (Lipinski definition) is 5. The Hall–Kier alpha value is -1.78. The van der Waals surface area contributed by atoms with Crippen molar-refractivity contribution >= 4 is 17.3 Å². The van der Waals surface area contributed by atoms with Crippen molar-refractivity contribution in [1.29, 1.82) is 0 Å². The molecule has 0 amide bonds. The summed E-state index contributed by atoms with van der Waals surface area (Å²) in [5, 5.41) is 0. The Morgan fingerprint density at radius 3 is 3.00 bits per heavy atom. The van der Waals surface area contributed by atoms with Crippen LogP contribution in [0.2, 0.25) is 0 Å². The lowest BCUT2D eigenvalue weighted by atomic mass is 10.3. The fourth-order valence-corrected chi connectivity index (χ4v) is 1.36. The molecule has 0 bridgehead atoms. The third-order valence-corrected chi connectivity index (χ3v) is 2.20. The van der Waals surface area contributed by atoms with E-state index in [0.717, 1.165) is 5.69 Å². The van der Waals surface area contributed by atoms with Gasteiger partial charge in [0, 0.05) is 19.8 Å². The minimum Gasteiger partial charge on any atom is -0.466 e. The highest BCUT2D eigenvalue weighted by atomic mass is 16.5. The number of esters is 1. The molecule has 1 rings (SSSR count). The Balaban J connectivity index is 2.50. The van der Waals surface area contributed by atoms with Crippen LogP contribution >= 0.6 is 0 Å². The Labute approximate surface area is 95.2 Å². The molecule has 0 aliphatic carbocycles. The molecule has 0 aliphatic heterocycles. The first-order chi connectivity index (χ1) is 7.65. The van der Waals surface area contributed by atoms with Crippen molar-refractivity contribution in [2.24, 2.45) is 0 Å². The average molecular weight is 223 g/mol. The summed E-state index contributed by atoms with van der Waals surface area (Å²) in [6.45, 7) is 2.79. The molecule has 0 unspecified atom stereocenters. The van der Waals surface area contributed by atoms with Gasteiger partial charge in [-0.25, -0.2) is 0 Å². The molecule has 0 spiro atoms. The van der Waals surface area contributed by atoms with E-state index in [1.54, 1.807) is 19.3 Å². The zero-order valence-corrected chi connectivity index (χ0v) is 9.64. The first-order valence-corrected chi connectivity index (χ1v) is 5.21. The second kappa shape index (κ2) is 5.95. The van der Waals surface area contributed by atoms with Crippen LogP contribution in [-0.4, -0.2) is 31.2 Å². The molecule has 1 aromatic rings.